The van der Waals surface area contributed by atoms with E-state index in [1.165, 1.54) is 19.3 Å². The van der Waals surface area contributed by atoms with E-state index in [-0.39, 0.29) is 0 Å². The average Bonchev–Trinajstić information content (AvgIpc) is 2.53. The van der Waals surface area contributed by atoms with Gasteiger partial charge in [-0.15, -0.1) is 0 Å². The SMILES string of the molecule is Clc1ccc2c(N3CCO[C@H]4CCCC[C@@H]43)ncnc2c1. The fourth-order valence-electron chi connectivity index (χ4n) is 3.60. The van der Waals surface area contributed by atoms with Gasteiger partial charge in [-0.3, -0.25) is 0 Å². The van der Waals surface area contributed by atoms with Crippen LogP contribution in [-0.4, -0.2) is 35.3 Å². The first-order valence-corrected chi connectivity index (χ1v) is 7.99. The highest BCUT2D eigenvalue weighted by Gasteiger charge is 2.35. The summed E-state index contributed by atoms with van der Waals surface area (Å²) in [6.07, 6.45) is 6.89. The van der Waals surface area contributed by atoms with Crippen molar-refractivity contribution >= 4 is 28.3 Å². The van der Waals surface area contributed by atoms with E-state index >= 15 is 0 Å². The van der Waals surface area contributed by atoms with Crippen molar-refractivity contribution in [2.24, 2.45) is 0 Å². The van der Waals surface area contributed by atoms with Gasteiger partial charge < -0.3 is 9.64 Å². The minimum atomic E-state index is 0.352. The van der Waals surface area contributed by atoms with Crippen molar-refractivity contribution in [2.75, 3.05) is 18.1 Å². The maximum atomic E-state index is 6.07. The Morgan fingerprint density at radius 1 is 1.19 bits per heavy atom. The van der Waals surface area contributed by atoms with E-state index in [1.54, 1.807) is 6.33 Å². The Hall–Kier alpha value is -1.39. The van der Waals surface area contributed by atoms with Crippen molar-refractivity contribution < 1.29 is 4.74 Å². The molecule has 21 heavy (non-hydrogen) atoms. The van der Waals surface area contributed by atoms with Crippen molar-refractivity contribution in [1.29, 1.82) is 0 Å². The molecule has 0 amide bonds. The van der Waals surface area contributed by atoms with E-state index in [2.05, 4.69) is 14.9 Å². The standard InChI is InChI=1S/C16H18ClN3O/c17-11-5-6-12-13(9-11)18-10-19-16(12)20-7-8-21-15-4-2-1-3-14(15)20/h5-6,9-10,14-15H,1-4,7-8H2/t14-,15-/m0/s1. The van der Waals surface area contributed by atoms with Gasteiger partial charge in [0.05, 0.1) is 24.3 Å². The number of anilines is 1. The summed E-state index contributed by atoms with van der Waals surface area (Å²) in [6, 6.07) is 6.29. The Labute approximate surface area is 129 Å². The molecule has 0 unspecified atom stereocenters. The summed E-state index contributed by atoms with van der Waals surface area (Å²) in [4.78, 5) is 11.3. The van der Waals surface area contributed by atoms with E-state index in [9.17, 15) is 0 Å². The largest absolute Gasteiger partial charge is 0.374 e. The average molecular weight is 304 g/mol. The number of aromatic nitrogens is 2. The molecule has 1 aliphatic heterocycles. The van der Waals surface area contributed by atoms with Crippen molar-refractivity contribution in [3.63, 3.8) is 0 Å². The van der Waals surface area contributed by atoms with Gasteiger partial charge in [0.25, 0.3) is 0 Å². The summed E-state index contributed by atoms with van der Waals surface area (Å²) in [5, 5.41) is 1.79. The van der Waals surface area contributed by atoms with E-state index < -0.39 is 0 Å². The van der Waals surface area contributed by atoms with Gasteiger partial charge in [0.15, 0.2) is 0 Å². The third-order valence-corrected chi connectivity index (χ3v) is 4.82. The fourth-order valence-corrected chi connectivity index (χ4v) is 3.77. The molecule has 4 rings (SSSR count). The van der Waals surface area contributed by atoms with Gasteiger partial charge in [0, 0.05) is 17.0 Å². The second-order valence-electron chi connectivity index (χ2n) is 5.81. The predicted molar refractivity (Wildman–Crippen MR) is 83.9 cm³/mol. The minimum absolute atomic E-state index is 0.352. The lowest BCUT2D eigenvalue weighted by molar-refractivity contribution is -0.00887. The number of ether oxygens (including phenoxy) is 1. The molecule has 2 aliphatic rings. The fraction of sp³-hybridized carbons (Fsp3) is 0.500. The molecule has 4 nitrogen and oxygen atoms in total. The molecule has 110 valence electrons. The third-order valence-electron chi connectivity index (χ3n) is 4.58. The summed E-state index contributed by atoms with van der Waals surface area (Å²) in [5.74, 6) is 1.02. The number of rotatable bonds is 1. The summed E-state index contributed by atoms with van der Waals surface area (Å²) < 4.78 is 5.96. The van der Waals surface area contributed by atoms with Crippen LogP contribution in [0.15, 0.2) is 24.5 Å². The predicted octanol–water partition coefficient (Wildman–Crippen LogP) is 3.43. The molecule has 2 aromatic rings. The van der Waals surface area contributed by atoms with Crippen molar-refractivity contribution in [1.82, 2.24) is 9.97 Å². The molecule has 5 heteroatoms. The maximum absolute atomic E-state index is 6.07. The Morgan fingerprint density at radius 3 is 3.05 bits per heavy atom. The van der Waals surface area contributed by atoms with Gasteiger partial charge in [0.2, 0.25) is 0 Å². The van der Waals surface area contributed by atoms with Gasteiger partial charge >= 0.3 is 0 Å². The highest BCUT2D eigenvalue weighted by Crippen LogP contribution is 2.34. The van der Waals surface area contributed by atoms with Crippen LogP contribution in [0.2, 0.25) is 5.02 Å². The van der Waals surface area contributed by atoms with Crippen LogP contribution in [0.4, 0.5) is 5.82 Å². The molecule has 1 aliphatic carbocycles. The molecule has 0 spiro atoms. The molecule has 0 N–H and O–H groups in total. The first-order chi connectivity index (χ1) is 10.3. The molecular formula is C16H18ClN3O. The van der Waals surface area contributed by atoms with Crippen LogP contribution in [0.3, 0.4) is 0 Å². The number of nitrogens with zero attached hydrogens (tertiary/aromatic N) is 3. The highest BCUT2D eigenvalue weighted by molar-refractivity contribution is 6.31. The van der Waals surface area contributed by atoms with E-state index in [4.69, 9.17) is 16.3 Å². The molecular weight excluding hydrogens is 286 g/mol. The summed E-state index contributed by atoms with van der Waals surface area (Å²) in [5.41, 5.74) is 0.909. The Bertz CT molecular complexity index is 661. The topological polar surface area (TPSA) is 38.2 Å². The number of hydrogen-bond acceptors (Lipinski definition) is 4. The van der Waals surface area contributed by atoms with Crippen molar-refractivity contribution in [2.45, 2.75) is 37.8 Å². The molecule has 1 saturated carbocycles. The summed E-state index contributed by atoms with van der Waals surface area (Å²) in [7, 11) is 0. The molecule has 1 saturated heterocycles. The van der Waals surface area contributed by atoms with Crippen LogP contribution in [0.1, 0.15) is 25.7 Å². The van der Waals surface area contributed by atoms with Crippen LogP contribution in [0, 0.1) is 0 Å². The van der Waals surface area contributed by atoms with E-state index in [0.29, 0.717) is 17.2 Å². The van der Waals surface area contributed by atoms with Crippen LogP contribution in [0.25, 0.3) is 10.9 Å². The first-order valence-electron chi connectivity index (χ1n) is 7.61. The van der Waals surface area contributed by atoms with Crippen LogP contribution in [0.5, 0.6) is 0 Å². The highest BCUT2D eigenvalue weighted by atomic mass is 35.5. The monoisotopic (exact) mass is 303 g/mol. The van der Waals surface area contributed by atoms with Gasteiger partial charge in [-0.2, -0.15) is 0 Å². The number of halogens is 1. The number of fused-ring (bicyclic) bond motifs is 2. The van der Waals surface area contributed by atoms with Crippen LogP contribution in [-0.2, 0) is 4.74 Å². The molecule has 2 fully saturated rings. The second-order valence-corrected chi connectivity index (χ2v) is 6.25. The lowest BCUT2D eigenvalue weighted by Crippen LogP contribution is -2.53. The molecule has 0 bridgehead atoms. The maximum Gasteiger partial charge on any atom is 0.140 e. The summed E-state index contributed by atoms with van der Waals surface area (Å²) in [6.45, 7) is 1.68. The molecule has 2 heterocycles. The lowest BCUT2D eigenvalue weighted by Gasteiger charge is -2.44. The molecule has 1 aromatic carbocycles. The normalized spacial score (nSPS) is 25.9. The van der Waals surface area contributed by atoms with Gasteiger partial charge in [0.1, 0.15) is 12.1 Å². The molecule has 1 aromatic heterocycles. The van der Waals surface area contributed by atoms with Crippen molar-refractivity contribution in [3.05, 3.63) is 29.5 Å². The number of morpholine rings is 1. The number of benzene rings is 1. The molecule has 2 atom stereocenters. The zero-order valence-corrected chi connectivity index (χ0v) is 12.6. The van der Waals surface area contributed by atoms with Gasteiger partial charge in [-0.25, -0.2) is 9.97 Å². The Kier molecular flexibility index (Phi) is 3.43. The minimum Gasteiger partial charge on any atom is -0.374 e. The second kappa shape index (κ2) is 5.43. The quantitative estimate of drug-likeness (QED) is 0.809. The zero-order chi connectivity index (χ0) is 14.2. The lowest BCUT2D eigenvalue weighted by atomic mass is 9.90. The molecule has 0 radical (unpaired) electrons. The van der Waals surface area contributed by atoms with E-state index in [1.807, 2.05) is 18.2 Å². The Balaban J connectivity index is 1.78. The van der Waals surface area contributed by atoms with Crippen LogP contribution < -0.4 is 4.90 Å². The van der Waals surface area contributed by atoms with Gasteiger partial charge in [-0.1, -0.05) is 24.4 Å². The summed E-state index contributed by atoms with van der Waals surface area (Å²) >= 11 is 6.07. The zero-order valence-electron chi connectivity index (χ0n) is 11.8. The van der Waals surface area contributed by atoms with Crippen molar-refractivity contribution in [3.8, 4) is 0 Å². The third kappa shape index (κ3) is 2.36. The van der Waals surface area contributed by atoms with Gasteiger partial charge in [-0.05, 0) is 31.0 Å². The first kappa shape index (κ1) is 13.3. The Morgan fingerprint density at radius 2 is 2.10 bits per heavy atom. The van der Waals surface area contributed by atoms with E-state index in [0.717, 1.165) is 36.3 Å². The smallest absolute Gasteiger partial charge is 0.140 e. The number of hydrogen-bond donors (Lipinski definition) is 0. The van der Waals surface area contributed by atoms with Crippen LogP contribution >= 0.6 is 11.6 Å².